The summed E-state index contributed by atoms with van der Waals surface area (Å²) in [7, 11) is -0.654. The summed E-state index contributed by atoms with van der Waals surface area (Å²) in [4.78, 5) is 29.5. The number of nitrogens with zero attached hydrogens (tertiary/aromatic N) is 3. The number of anilines is 2. The zero-order valence-corrected chi connectivity index (χ0v) is 21.2. The van der Waals surface area contributed by atoms with Crippen molar-refractivity contribution in [2.45, 2.75) is 5.92 Å². The highest BCUT2D eigenvalue weighted by Crippen LogP contribution is 2.43. The van der Waals surface area contributed by atoms with Crippen LogP contribution in [-0.2, 0) is 28.9 Å². The minimum Gasteiger partial charge on any atom is -0.466 e. The standard InChI is InChI=1S/C26H26N4O6S/c1-35-25(31)22-21(17-6-4-3-5-7-17)20(16-27)24(28)30(23(22)26(32)36-2)19-10-8-18(9-11-19)29-12-14-37(33,34)15-13-29/h3-11,21H,12-15,28H2,1-2H3. The number of ether oxygens (including phenoxy) is 2. The van der Waals surface area contributed by atoms with Crippen molar-refractivity contribution in [2.24, 2.45) is 5.73 Å². The minimum atomic E-state index is -3.03. The van der Waals surface area contributed by atoms with E-state index in [9.17, 15) is 23.3 Å². The molecule has 192 valence electrons. The Balaban J connectivity index is 1.86. The highest BCUT2D eigenvalue weighted by Gasteiger charge is 2.43. The van der Waals surface area contributed by atoms with Crippen LogP contribution >= 0.6 is 0 Å². The van der Waals surface area contributed by atoms with Crippen molar-refractivity contribution < 1.29 is 27.5 Å². The van der Waals surface area contributed by atoms with Crippen molar-refractivity contribution in [3.05, 3.63) is 82.8 Å². The van der Waals surface area contributed by atoms with Crippen molar-refractivity contribution in [3.8, 4) is 6.07 Å². The fourth-order valence-corrected chi connectivity index (χ4v) is 5.77. The van der Waals surface area contributed by atoms with Gasteiger partial charge in [0.05, 0.1) is 48.9 Å². The van der Waals surface area contributed by atoms with Crippen LogP contribution in [0.5, 0.6) is 0 Å². The molecule has 2 aromatic carbocycles. The van der Waals surface area contributed by atoms with Crippen molar-refractivity contribution in [1.29, 1.82) is 5.26 Å². The monoisotopic (exact) mass is 522 g/mol. The summed E-state index contributed by atoms with van der Waals surface area (Å²) in [5.74, 6) is -2.46. The molecule has 1 unspecified atom stereocenters. The van der Waals surface area contributed by atoms with Gasteiger partial charge < -0.3 is 20.1 Å². The first-order chi connectivity index (χ1) is 17.7. The van der Waals surface area contributed by atoms with Gasteiger partial charge in [0.2, 0.25) is 0 Å². The van der Waals surface area contributed by atoms with Gasteiger partial charge >= 0.3 is 11.9 Å². The van der Waals surface area contributed by atoms with E-state index in [0.29, 0.717) is 24.3 Å². The number of benzene rings is 2. The van der Waals surface area contributed by atoms with Gasteiger partial charge in [-0.15, -0.1) is 0 Å². The molecule has 0 amide bonds. The molecule has 0 aliphatic carbocycles. The summed E-state index contributed by atoms with van der Waals surface area (Å²) < 4.78 is 33.6. The van der Waals surface area contributed by atoms with E-state index >= 15 is 0 Å². The predicted octanol–water partition coefficient (Wildman–Crippen LogP) is 1.82. The van der Waals surface area contributed by atoms with Crippen LogP contribution in [0.3, 0.4) is 0 Å². The third-order valence-corrected chi connectivity index (χ3v) is 8.04. The summed E-state index contributed by atoms with van der Waals surface area (Å²) in [6.45, 7) is 0.731. The van der Waals surface area contributed by atoms with Gasteiger partial charge in [0.15, 0.2) is 9.84 Å². The van der Waals surface area contributed by atoms with E-state index in [1.165, 1.54) is 19.1 Å². The molecule has 2 aromatic rings. The Hall–Kier alpha value is -4.30. The Labute approximate surface area is 215 Å². The van der Waals surface area contributed by atoms with Crippen molar-refractivity contribution in [2.75, 3.05) is 48.6 Å². The highest BCUT2D eigenvalue weighted by atomic mass is 32.2. The molecule has 4 rings (SSSR count). The van der Waals surface area contributed by atoms with Crippen molar-refractivity contribution >= 4 is 33.2 Å². The molecule has 37 heavy (non-hydrogen) atoms. The zero-order valence-electron chi connectivity index (χ0n) is 20.4. The highest BCUT2D eigenvalue weighted by molar-refractivity contribution is 7.91. The fraction of sp³-hybridized carbons (Fsp3) is 0.269. The first kappa shape index (κ1) is 25.8. The molecule has 0 bridgehead atoms. The normalized spacial score (nSPS) is 19.3. The number of hydrogen-bond acceptors (Lipinski definition) is 10. The summed E-state index contributed by atoms with van der Waals surface area (Å²) in [5.41, 5.74) is 8.13. The van der Waals surface area contributed by atoms with Crippen LogP contribution in [0.15, 0.2) is 77.3 Å². The van der Waals surface area contributed by atoms with Gasteiger partial charge in [-0.25, -0.2) is 18.0 Å². The third kappa shape index (κ3) is 4.88. The number of rotatable bonds is 5. The quantitative estimate of drug-likeness (QED) is 0.578. The number of nitrogens with two attached hydrogens (primary N) is 1. The van der Waals surface area contributed by atoms with Gasteiger partial charge in [0.25, 0.3) is 0 Å². The maximum atomic E-state index is 13.1. The Kier molecular flexibility index (Phi) is 7.22. The average molecular weight is 523 g/mol. The zero-order chi connectivity index (χ0) is 26.7. The molecule has 11 heteroatoms. The van der Waals surface area contributed by atoms with Crippen LogP contribution in [-0.4, -0.2) is 59.2 Å². The molecular formula is C26H26N4O6S. The molecule has 1 saturated heterocycles. The molecule has 2 N–H and O–H groups in total. The van der Waals surface area contributed by atoms with E-state index in [1.807, 2.05) is 4.90 Å². The topological polar surface area (TPSA) is 143 Å². The largest absolute Gasteiger partial charge is 0.466 e. The van der Waals surface area contributed by atoms with Crippen LogP contribution < -0.4 is 15.5 Å². The van der Waals surface area contributed by atoms with E-state index in [-0.39, 0.29) is 34.2 Å². The fourth-order valence-electron chi connectivity index (χ4n) is 4.56. The molecule has 0 saturated carbocycles. The van der Waals surface area contributed by atoms with Crippen molar-refractivity contribution in [3.63, 3.8) is 0 Å². The van der Waals surface area contributed by atoms with Crippen LogP contribution in [0.1, 0.15) is 11.5 Å². The molecule has 10 nitrogen and oxygen atoms in total. The number of carbonyl (C=O) groups is 2. The van der Waals surface area contributed by atoms with E-state index < -0.39 is 27.7 Å². The molecule has 2 aliphatic rings. The van der Waals surface area contributed by atoms with Crippen LogP contribution in [0, 0.1) is 11.3 Å². The minimum absolute atomic E-state index is 0.0266. The average Bonchev–Trinajstić information content (AvgIpc) is 2.92. The van der Waals surface area contributed by atoms with E-state index in [2.05, 4.69) is 6.07 Å². The van der Waals surface area contributed by atoms with Gasteiger partial charge in [0.1, 0.15) is 11.5 Å². The third-order valence-electron chi connectivity index (χ3n) is 6.43. The number of nitriles is 1. The first-order valence-electron chi connectivity index (χ1n) is 11.4. The Morgan fingerprint density at radius 1 is 0.946 bits per heavy atom. The Morgan fingerprint density at radius 3 is 2.05 bits per heavy atom. The van der Waals surface area contributed by atoms with E-state index in [0.717, 1.165) is 5.69 Å². The first-order valence-corrected chi connectivity index (χ1v) is 13.3. The van der Waals surface area contributed by atoms with Gasteiger partial charge in [-0.1, -0.05) is 30.3 Å². The lowest BCUT2D eigenvalue weighted by molar-refractivity contribution is -0.139. The van der Waals surface area contributed by atoms with Crippen LogP contribution in [0.2, 0.25) is 0 Å². The van der Waals surface area contributed by atoms with E-state index in [4.69, 9.17) is 15.2 Å². The number of methoxy groups -OCH3 is 2. The Bertz CT molecular complexity index is 1410. The molecular weight excluding hydrogens is 496 g/mol. The number of hydrogen-bond donors (Lipinski definition) is 1. The molecule has 2 heterocycles. The van der Waals surface area contributed by atoms with Crippen LogP contribution in [0.25, 0.3) is 0 Å². The lowest BCUT2D eigenvalue weighted by Crippen LogP contribution is -2.41. The molecule has 1 atom stereocenters. The SMILES string of the molecule is COC(=O)C1=C(C(=O)OC)N(c2ccc(N3CCS(=O)(=O)CC3)cc2)C(N)=C(C#N)C1c1ccccc1. The number of esters is 2. The smallest absolute Gasteiger partial charge is 0.355 e. The van der Waals surface area contributed by atoms with Gasteiger partial charge in [-0.05, 0) is 29.8 Å². The number of allylic oxidation sites excluding steroid dienone is 1. The molecule has 1 fully saturated rings. The van der Waals surface area contributed by atoms with E-state index in [1.54, 1.807) is 54.6 Å². The maximum Gasteiger partial charge on any atom is 0.355 e. The lowest BCUT2D eigenvalue weighted by Gasteiger charge is -2.36. The summed E-state index contributed by atoms with van der Waals surface area (Å²) in [6, 6.07) is 17.8. The van der Waals surface area contributed by atoms with Gasteiger partial charge in [0, 0.05) is 24.5 Å². The maximum absolute atomic E-state index is 13.1. The second-order valence-electron chi connectivity index (χ2n) is 8.49. The second-order valence-corrected chi connectivity index (χ2v) is 10.8. The Morgan fingerprint density at radius 2 is 1.51 bits per heavy atom. The summed E-state index contributed by atoms with van der Waals surface area (Å²) in [5, 5.41) is 10.1. The number of carbonyl (C=O) groups excluding carboxylic acids is 2. The molecule has 0 aromatic heterocycles. The number of sulfone groups is 1. The second kappa shape index (κ2) is 10.4. The summed E-state index contributed by atoms with van der Waals surface area (Å²) >= 11 is 0. The molecule has 0 radical (unpaired) electrons. The summed E-state index contributed by atoms with van der Waals surface area (Å²) in [6.07, 6.45) is 0. The van der Waals surface area contributed by atoms with Crippen molar-refractivity contribution in [1.82, 2.24) is 0 Å². The van der Waals surface area contributed by atoms with Gasteiger partial charge in [-0.2, -0.15) is 5.26 Å². The molecule has 0 spiro atoms. The van der Waals surface area contributed by atoms with Crippen LogP contribution in [0.4, 0.5) is 11.4 Å². The molecule has 2 aliphatic heterocycles. The lowest BCUT2D eigenvalue weighted by atomic mass is 9.81. The van der Waals surface area contributed by atoms with Gasteiger partial charge in [-0.3, -0.25) is 4.90 Å². The predicted molar refractivity (Wildman–Crippen MR) is 137 cm³/mol.